The fourth-order valence-electron chi connectivity index (χ4n) is 3.16. The monoisotopic (exact) mass is 285 g/mol. The molecule has 0 saturated carbocycles. The maximum Gasteiger partial charge on any atom is 0.126 e. The van der Waals surface area contributed by atoms with Gasteiger partial charge < -0.3 is 10.0 Å². The van der Waals surface area contributed by atoms with Gasteiger partial charge in [-0.05, 0) is 56.5 Å². The van der Waals surface area contributed by atoms with E-state index in [0.717, 1.165) is 17.8 Å². The van der Waals surface area contributed by atoms with Crippen molar-refractivity contribution in [2.45, 2.75) is 39.3 Å². The molecular formula is C18H20FNO. The van der Waals surface area contributed by atoms with Crippen molar-refractivity contribution in [1.29, 1.82) is 0 Å². The van der Waals surface area contributed by atoms with Gasteiger partial charge in [-0.25, -0.2) is 4.39 Å². The lowest BCUT2D eigenvalue weighted by atomic mass is 10.0. The Balaban J connectivity index is 2.18. The molecule has 0 bridgehead atoms. The van der Waals surface area contributed by atoms with Gasteiger partial charge in [0.1, 0.15) is 5.82 Å². The highest BCUT2D eigenvalue weighted by Crippen LogP contribution is 2.41. The van der Waals surface area contributed by atoms with Crippen LogP contribution in [0.2, 0.25) is 0 Å². The molecule has 21 heavy (non-hydrogen) atoms. The minimum Gasteiger partial charge on any atom is -0.389 e. The molecule has 0 aliphatic carbocycles. The zero-order chi connectivity index (χ0) is 15.1. The van der Waals surface area contributed by atoms with E-state index in [1.165, 1.54) is 11.6 Å². The number of anilines is 2. The second-order valence-electron chi connectivity index (χ2n) is 5.89. The Labute approximate surface area is 124 Å². The summed E-state index contributed by atoms with van der Waals surface area (Å²) < 4.78 is 13.9. The minimum absolute atomic E-state index is 0.269. The zero-order valence-corrected chi connectivity index (χ0v) is 12.6. The van der Waals surface area contributed by atoms with Crippen LogP contribution in [0, 0.1) is 12.7 Å². The molecule has 2 aromatic carbocycles. The molecular weight excluding hydrogens is 265 g/mol. The fraction of sp³-hybridized carbons (Fsp3) is 0.333. The Kier molecular flexibility index (Phi) is 3.46. The average Bonchev–Trinajstić information content (AvgIpc) is 2.77. The number of nitrogens with zero attached hydrogens (tertiary/aromatic N) is 1. The highest BCUT2D eigenvalue weighted by Gasteiger charge is 2.29. The van der Waals surface area contributed by atoms with Gasteiger partial charge in [-0.2, -0.15) is 0 Å². The number of benzene rings is 2. The molecule has 0 spiro atoms. The molecule has 110 valence electrons. The van der Waals surface area contributed by atoms with Crippen LogP contribution in [0.5, 0.6) is 0 Å². The van der Waals surface area contributed by atoms with Gasteiger partial charge in [0.15, 0.2) is 0 Å². The highest BCUT2D eigenvalue weighted by atomic mass is 19.1. The first-order chi connectivity index (χ1) is 9.99. The smallest absolute Gasteiger partial charge is 0.126 e. The van der Waals surface area contributed by atoms with E-state index in [2.05, 4.69) is 24.0 Å². The van der Waals surface area contributed by atoms with Crippen LogP contribution < -0.4 is 4.90 Å². The first kappa shape index (κ1) is 14.1. The van der Waals surface area contributed by atoms with E-state index in [9.17, 15) is 9.50 Å². The van der Waals surface area contributed by atoms with E-state index in [1.807, 2.05) is 18.2 Å². The number of aliphatic hydroxyl groups is 1. The summed E-state index contributed by atoms with van der Waals surface area (Å²) in [6.45, 7) is 5.60. The summed E-state index contributed by atoms with van der Waals surface area (Å²) >= 11 is 0. The molecule has 0 radical (unpaired) electrons. The first-order valence-corrected chi connectivity index (χ1v) is 7.34. The summed E-state index contributed by atoms with van der Waals surface area (Å²) in [5.74, 6) is -0.269. The largest absolute Gasteiger partial charge is 0.389 e. The Morgan fingerprint density at radius 3 is 2.67 bits per heavy atom. The highest BCUT2D eigenvalue weighted by molar-refractivity contribution is 5.74. The van der Waals surface area contributed by atoms with Crippen molar-refractivity contribution in [2.24, 2.45) is 0 Å². The molecule has 2 aromatic rings. The van der Waals surface area contributed by atoms with E-state index in [0.29, 0.717) is 17.2 Å². The maximum atomic E-state index is 13.9. The van der Waals surface area contributed by atoms with Gasteiger partial charge in [0, 0.05) is 23.0 Å². The van der Waals surface area contributed by atoms with Crippen LogP contribution in [0.4, 0.5) is 15.8 Å². The van der Waals surface area contributed by atoms with Gasteiger partial charge in [-0.3, -0.25) is 0 Å². The molecule has 0 amide bonds. The Bertz CT molecular complexity index is 681. The summed E-state index contributed by atoms with van der Waals surface area (Å²) in [5, 5.41) is 10.0. The predicted octanol–water partition coefficient (Wildman–Crippen LogP) is 4.27. The van der Waals surface area contributed by atoms with Gasteiger partial charge in [-0.15, -0.1) is 0 Å². The summed E-state index contributed by atoms with van der Waals surface area (Å²) in [4.78, 5) is 2.21. The third-order valence-corrected chi connectivity index (χ3v) is 4.22. The van der Waals surface area contributed by atoms with E-state index in [1.54, 1.807) is 13.8 Å². The number of fused-ring (bicyclic) bond motifs is 1. The van der Waals surface area contributed by atoms with Crippen LogP contribution in [0.15, 0.2) is 36.4 Å². The second kappa shape index (κ2) is 5.15. The maximum absolute atomic E-state index is 13.9. The lowest BCUT2D eigenvalue weighted by molar-refractivity contribution is 0.199. The fourth-order valence-corrected chi connectivity index (χ4v) is 3.16. The van der Waals surface area contributed by atoms with Crippen molar-refractivity contribution in [3.8, 4) is 0 Å². The third-order valence-electron chi connectivity index (χ3n) is 4.22. The van der Waals surface area contributed by atoms with Crippen LogP contribution in [-0.4, -0.2) is 11.1 Å². The molecule has 1 heterocycles. The molecule has 3 rings (SSSR count). The lowest BCUT2D eigenvalue weighted by Crippen LogP contribution is -2.25. The molecule has 1 N–H and O–H groups in total. The lowest BCUT2D eigenvalue weighted by Gasteiger charge is -2.29. The Morgan fingerprint density at radius 1 is 1.24 bits per heavy atom. The van der Waals surface area contributed by atoms with Crippen LogP contribution in [-0.2, 0) is 6.42 Å². The number of hydrogen-bond acceptors (Lipinski definition) is 2. The number of rotatable bonds is 2. The minimum atomic E-state index is -0.699. The summed E-state index contributed by atoms with van der Waals surface area (Å²) in [6, 6.07) is 11.9. The van der Waals surface area contributed by atoms with E-state index < -0.39 is 6.10 Å². The van der Waals surface area contributed by atoms with Crippen molar-refractivity contribution >= 4 is 11.4 Å². The molecule has 0 aromatic heterocycles. The van der Waals surface area contributed by atoms with Crippen molar-refractivity contribution in [2.75, 3.05) is 4.90 Å². The standard InChI is InChI=1S/C18H20FNO/c1-11-8-18(15(13(3)21)10-16(11)19)20-12(2)9-14-6-4-5-7-17(14)20/h4-8,10,12-13,21H,9H2,1-3H3/t12?,13-/m0/s1. The number of para-hydroxylation sites is 1. The quantitative estimate of drug-likeness (QED) is 0.890. The molecule has 2 nitrogen and oxygen atoms in total. The first-order valence-electron chi connectivity index (χ1n) is 7.34. The number of hydrogen-bond donors (Lipinski definition) is 1. The summed E-state index contributed by atoms with van der Waals surface area (Å²) in [6.07, 6.45) is 0.265. The molecule has 2 atom stereocenters. The van der Waals surface area contributed by atoms with Crippen LogP contribution >= 0.6 is 0 Å². The molecule has 0 fully saturated rings. The molecule has 1 aliphatic rings. The molecule has 1 aliphatic heterocycles. The number of aryl methyl sites for hydroxylation is 1. The van der Waals surface area contributed by atoms with Gasteiger partial charge in [0.05, 0.1) is 6.10 Å². The second-order valence-corrected chi connectivity index (χ2v) is 5.89. The normalized spacial score (nSPS) is 18.7. The van der Waals surface area contributed by atoms with Gasteiger partial charge in [0.2, 0.25) is 0 Å². The van der Waals surface area contributed by atoms with E-state index in [-0.39, 0.29) is 5.82 Å². The third kappa shape index (κ3) is 2.32. The molecule has 1 unspecified atom stereocenters. The molecule has 0 saturated heterocycles. The topological polar surface area (TPSA) is 23.5 Å². The van der Waals surface area contributed by atoms with Crippen LogP contribution in [0.1, 0.15) is 36.6 Å². The van der Waals surface area contributed by atoms with Crippen molar-refractivity contribution in [3.05, 3.63) is 58.9 Å². The van der Waals surface area contributed by atoms with E-state index >= 15 is 0 Å². The Hall–Kier alpha value is -1.87. The van der Waals surface area contributed by atoms with E-state index in [4.69, 9.17) is 0 Å². The number of aliphatic hydroxyl groups excluding tert-OH is 1. The Morgan fingerprint density at radius 2 is 1.95 bits per heavy atom. The van der Waals surface area contributed by atoms with Crippen LogP contribution in [0.3, 0.4) is 0 Å². The van der Waals surface area contributed by atoms with Gasteiger partial charge in [-0.1, -0.05) is 18.2 Å². The van der Waals surface area contributed by atoms with Crippen molar-refractivity contribution in [1.82, 2.24) is 0 Å². The number of halogens is 1. The van der Waals surface area contributed by atoms with Crippen molar-refractivity contribution in [3.63, 3.8) is 0 Å². The zero-order valence-electron chi connectivity index (χ0n) is 12.6. The van der Waals surface area contributed by atoms with Crippen LogP contribution in [0.25, 0.3) is 0 Å². The molecule has 3 heteroatoms. The summed E-state index contributed by atoms with van der Waals surface area (Å²) in [7, 11) is 0. The summed E-state index contributed by atoms with van der Waals surface area (Å²) in [5.41, 5.74) is 4.59. The van der Waals surface area contributed by atoms with Gasteiger partial charge >= 0.3 is 0 Å². The SMILES string of the molecule is Cc1cc(N2c3ccccc3CC2C)c([C@H](C)O)cc1F. The predicted molar refractivity (Wildman–Crippen MR) is 83.5 cm³/mol. The van der Waals surface area contributed by atoms with Gasteiger partial charge in [0.25, 0.3) is 0 Å². The average molecular weight is 285 g/mol. The van der Waals surface area contributed by atoms with Crippen molar-refractivity contribution < 1.29 is 9.50 Å².